The van der Waals surface area contributed by atoms with E-state index >= 15 is 0 Å². The zero-order valence-corrected chi connectivity index (χ0v) is 24.0. The zero-order valence-electron chi connectivity index (χ0n) is 24.0. The van der Waals surface area contributed by atoms with Crippen LogP contribution in [0.15, 0.2) is 36.7 Å². The van der Waals surface area contributed by atoms with E-state index in [2.05, 4.69) is 37.6 Å². The molecule has 8 nitrogen and oxygen atoms in total. The molecule has 3 aromatic rings. The number of nitrogens with two attached hydrogens (primary N) is 1. The second-order valence-corrected chi connectivity index (χ2v) is 11.7. The summed E-state index contributed by atoms with van der Waals surface area (Å²) in [6.07, 6.45) is 9.87. The van der Waals surface area contributed by atoms with Gasteiger partial charge < -0.3 is 15.5 Å². The van der Waals surface area contributed by atoms with Gasteiger partial charge in [-0.25, -0.2) is 9.97 Å². The number of amides is 2. The Bertz CT molecular complexity index is 1250. The molecule has 0 atom stereocenters. The molecule has 0 aliphatic carbocycles. The lowest BCUT2D eigenvalue weighted by Gasteiger charge is -2.24. The molecule has 4 rings (SSSR count). The van der Waals surface area contributed by atoms with Crippen molar-refractivity contribution in [1.29, 1.82) is 0 Å². The molecule has 8 heteroatoms. The standard InChI is InChI=1S/C31H44N6O2/c1-22(2)13-18-36(19-14-23(3)4)30(39)26-20-33-31-34-28(24-9-11-25(12-10-24)29(32)38)27(37(31)21-26)8-7-17-35-15-5-6-16-35/h9-12,20-23H,5-8,13-19H2,1-4H3,(H2,32,38). The summed E-state index contributed by atoms with van der Waals surface area (Å²) in [4.78, 5) is 39.3. The van der Waals surface area contributed by atoms with Gasteiger partial charge in [-0.15, -0.1) is 0 Å². The smallest absolute Gasteiger partial charge is 0.256 e. The monoisotopic (exact) mass is 532 g/mol. The van der Waals surface area contributed by atoms with E-state index in [1.54, 1.807) is 18.3 Å². The summed E-state index contributed by atoms with van der Waals surface area (Å²) in [5.74, 6) is 1.20. The highest BCUT2D eigenvalue weighted by atomic mass is 16.2. The second-order valence-electron chi connectivity index (χ2n) is 11.7. The van der Waals surface area contributed by atoms with Gasteiger partial charge in [0.25, 0.3) is 5.91 Å². The Morgan fingerprint density at radius 3 is 2.21 bits per heavy atom. The minimum atomic E-state index is -0.452. The van der Waals surface area contributed by atoms with Crippen LogP contribution in [0.4, 0.5) is 0 Å². The Morgan fingerprint density at radius 1 is 0.974 bits per heavy atom. The van der Waals surface area contributed by atoms with E-state index in [9.17, 15) is 9.59 Å². The molecular formula is C31H44N6O2. The van der Waals surface area contributed by atoms with Gasteiger partial charge in [-0.1, -0.05) is 39.8 Å². The third-order valence-electron chi connectivity index (χ3n) is 7.60. The lowest BCUT2D eigenvalue weighted by atomic mass is 10.0. The Balaban J connectivity index is 1.67. The minimum absolute atomic E-state index is 0.0229. The number of likely N-dealkylation sites (tertiary alicyclic amines) is 1. The Hall–Kier alpha value is -3.26. The summed E-state index contributed by atoms with van der Waals surface area (Å²) in [5, 5.41) is 0. The number of imidazole rings is 1. The number of rotatable bonds is 13. The first-order valence-electron chi connectivity index (χ1n) is 14.5. The van der Waals surface area contributed by atoms with E-state index < -0.39 is 5.91 Å². The first-order valence-corrected chi connectivity index (χ1v) is 14.5. The van der Waals surface area contributed by atoms with Crippen LogP contribution < -0.4 is 5.73 Å². The molecule has 0 bridgehead atoms. The van der Waals surface area contributed by atoms with E-state index in [4.69, 9.17) is 10.7 Å². The van der Waals surface area contributed by atoms with Crippen LogP contribution in [0.2, 0.25) is 0 Å². The summed E-state index contributed by atoms with van der Waals surface area (Å²) in [7, 11) is 0. The normalized spacial score (nSPS) is 14.1. The molecule has 0 saturated carbocycles. The molecule has 0 radical (unpaired) electrons. The average molecular weight is 533 g/mol. The quantitative estimate of drug-likeness (QED) is 0.332. The van der Waals surface area contributed by atoms with Gasteiger partial charge in [0.1, 0.15) is 0 Å². The van der Waals surface area contributed by atoms with Gasteiger partial charge in [-0.05, 0) is 82.1 Å². The van der Waals surface area contributed by atoms with E-state index in [1.165, 1.54) is 12.8 Å². The van der Waals surface area contributed by atoms with Crippen molar-refractivity contribution in [2.24, 2.45) is 17.6 Å². The number of hydrogen-bond acceptors (Lipinski definition) is 5. The fraction of sp³-hybridized carbons (Fsp3) is 0.548. The van der Waals surface area contributed by atoms with Gasteiger partial charge >= 0.3 is 0 Å². The molecule has 2 amide bonds. The Kier molecular flexibility index (Phi) is 9.73. The molecule has 1 aliphatic heterocycles. The summed E-state index contributed by atoms with van der Waals surface area (Å²) >= 11 is 0. The molecule has 39 heavy (non-hydrogen) atoms. The summed E-state index contributed by atoms with van der Waals surface area (Å²) in [5.41, 5.74) is 9.28. The van der Waals surface area contributed by atoms with E-state index in [1.807, 2.05) is 27.6 Å². The van der Waals surface area contributed by atoms with Crippen molar-refractivity contribution >= 4 is 17.6 Å². The lowest BCUT2D eigenvalue weighted by Crippen LogP contribution is -2.34. The maximum atomic E-state index is 13.7. The molecule has 0 spiro atoms. The van der Waals surface area contributed by atoms with Crippen molar-refractivity contribution in [2.75, 3.05) is 32.7 Å². The average Bonchev–Trinajstić information content (AvgIpc) is 3.56. The molecule has 1 fully saturated rings. The number of primary amides is 1. The van der Waals surface area contributed by atoms with Gasteiger partial charge in [-0.3, -0.25) is 14.0 Å². The first kappa shape index (κ1) is 28.7. The third kappa shape index (κ3) is 7.44. The molecule has 210 valence electrons. The topological polar surface area (TPSA) is 96.8 Å². The molecule has 1 aliphatic rings. The van der Waals surface area contributed by atoms with Gasteiger partial charge in [0.2, 0.25) is 11.7 Å². The largest absolute Gasteiger partial charge is 0.366 e. The van der Waals surface area contributed by atoms with Gasteiger partial charge in [0.05, 0.1) is 17.0 Å². The van der Waals surface area contributed by atoms with Crippen LogP contribution in [0.3, 0.4) is 0 Å². The number of aryl methyl sites for hydroxylation is 1. The number of aromatic nitrogens is 3. The lowest BCUT2D eigenvalue weighted by molar-refractivity contribution is 0.0739. The number of carbonyl (C=O) groups is 2. The maximum Gasteiger partial charge on any atom is 0.256 e. The molecule has 3 heterocycles. The maximum absolute atomic E-state index is 13.7. The minimum Gasteiger partial charge on any atom is -0.366 e. The number of benzene rings is 1. The van der Waals surface area contributed by atoms with Crippen molar-refractivity contribution in [3.63, 3.8) is 0 Å². The van der Waals surface area contributed by atoms with Gasteiger partial charge in [0, 0.05) is 36.6 Å². The van der Waals surface area contributed by atoms with Crippen LogP contribution in [0.1, 0.15) is 86.2 Å². The van der Waals surface area contributed by atoms with Crippen LogP contribution in [0, 0.1) is 11.8 Å². The van der Waals surface area contributed by atoms with Gasteiger partial charge in [-0.2, -0.15) is 0 Å². The number of nitrogens with zero attached hydrogens (tertiary/aromatic N) is 5. The van der Waals surface area contributed by atoms with Crippen LogP contribution in [0.25, 0.3) is 17.0 Å². The molecule has 1 aromatic carbocycles. The van der Waals surface area contributed by atoms with Gasteiger partial charge in [0.15, 0.2) is 0 Å². The molecule has 1 saturated heterocycles. The zero-order chi connectivity index (χ0) is 27.9. The van der Waals surface area contributed by atoms with Crippen molar-refractivity contribution in [1.82, 2.24) is 24.2 Å². The number of carbonyl (C=O) groups excluding carboxylic acids is 2. The molecule has 2 aromatic heterocycles. The van der Waals surface area contributed by atoms with Crippen LogP contribution in [0.5, 0.6) is 0 Å². The predicted molar refractivity (Wildman–Crippen MR) is 156 cm³/mol. The number of hydrogen-bond donors (Lipinski definition) is 1. The Morgan fingerprint density at radius 2 is 1.62 bits per heavy atom. The van der Waals surface area contributed by atoms with Crippen molar-refractivity contribution in [2.45, 2.75) is 66.2 Å². The fourth-order valence-corrected chi connectivity index (χ4v) is 5.15. The fourth-order valence-electron chi connectivity index (χ4n) is 5.15. The van der Waals surface area contributed by atoms with Crippen LogP contribution in [-0.2, 0) is 6.42 Å². The van der Waals surface area contributed by atoms with Crippen molar-refractivity contribution < 1.29 is 9.59 Å². The third-order valence-corrected chi connectivity index (χ3v) is 7.60. The van der Waals surface area contributed by atoms with Crippen LogP contribution >= 0.6 is 0 Å². The molecule has 2 N–H and O–H groups in total. The number of fused-ring (bicyclic) bond motifs is 1. The summed E-state index contributed by atoms with van der Waals surface area (Å²) in [6, 6.07) is 7.24. The highest BCUT2D eigenvalue weighted by molar-refractivity contribution is 5.94. The Labute approximate surface area is 232 Å². The summed E-state index contributed by atoms with van der Waals surface area (Å²) in [6.45, 7) is 13.6. The molecule has 0 unspecified atom stereocenters. The SMILES string of the molecule is CC(C)CCN(CCC(C)C)C(=O)c1cnc2nc(-c3ccc(C(N)=O)cc3)c(CCCN3CCCC3)n2c1. The highest BCUT2D eigenvalue weighted by Crippen LogP contribution is 2.26. The van der Waals surface area contributed by atoms with Crippen LogP contribution in [-0.4, -0.2) is 68.7 Å². The predicted octanol–water partition coefficient (Wildman–Crippen LogP) is 5.06. The van der Waals surface area contributed by atoms with E-state index in [0.29, 0.717) is 28.7 Å². The first-order chi connectivity index (χ1) is 18.7. The van der Waals surface area contributed by atoms with Crippen molar-refractivity contribution in [3.05, 3.63) is 53.5 Å². The second kappa shape index (κ2) is 13.2. The van der Waals surface area contributed by atoms with E-state index in [0.717, 1.165) is 75.4 Å². The van der Waals surface area contributed by atoms with E-state index in [-0.39, 0.29) is 5.91 Å². The highest BCUT2D eigenvalue weighted by Gasteiger charge is 2.21. The summed E-state index contributed by atoms with van der Waals surface area (Å²) < 4.78 is 2.00. The molecular weight excluding hydrogens is 488 g/mol. The van der Waals surface area contributed by atoms with Crippen molar-refractivity contribution in [3.8, 4) is 11.3 Å².